The summed E-state index contributed by atoms with van der Waals surface area (Å²) in [5.74, 6) is 0. The van der Waals surface area contributed by atoms with Gasteiger partial charge in [0.05, 0.1) is 28.9 Å². The molecule has 5 aromatic rings. The Morgan fingerprint density at radius 2 is 1.26 bits per heavy atom. The van der Waals surface area contributed by atoms with E-state index < -0.39 is 0 Å². The Balaban J connectivity index is 2.32. The van der Waals surface area contributed by atoms with E-state index in [4.69, 9.17) is 0 Å². The molecular weight excluding hydrogens is 234 g/mol. The van der Waals surface area contributed by atoms with Crippen molar-refractivity contribution in [1.82, 2.24) is 14.4 Å². The van der Waals surface area contributed by atoms with Crippen molar-refractivity contribution in [1.29, 1.82) is 0 Å². The highest BCUT2D eigenvalue weighted by molar-refractivity contribution is 6.22. The summed E-state index contributed by atoms with van der Waals surface area (Å²) in [6.45, 7) is 0. The van der Waals surface area contributed by atoms with Gasteiger partial charge in [0.2, 0.25) is 0 Å². The number of hydrogen-bond donors (Lipinski definition) is 0. The van der Waals surface area contributed by atoms with Gasteiger partial charge >= 0.3 is 0 Å². The first-order valence-corrected chi connectivity index (χ1v) is 6.27. The molecule has 88 valence electrons. The molecule has 0 spiro atoms. The molecule has 5 rings (SSSR count). The molecule has 1 aromatic carbocycles. The van der Waals surface area contributed by atoms with Crippen molar-refractivity contribution in [2.24, 2.45) is 0 Å². The maximum Gasteiger partial charge on any atom is 0.0725 e. The van der Waals surface area contributed by atoms with E-state index in [-0.39, 0.29) is 0 Å². The molecule has 0 bridgehead atoms. The summed E-state index contributed by atoms with van der Waals surface area (Å²) in [6, 6.07) is 10.6. The number of benzene rings is 1. The van der Waals surface area contributed by atoms with E-state index in [1.807, 2.05) is 24.8 Å². The third-order valence-electron chi connectivity index (χ3n) is 3.92. The van der Waals surface area contributed by atoms with Gasteiger partial charge in [-0.1, -0.05) is 18.2 Å². The van der Waals surface area contributed by atoms with Gasteiger partial charge in [0.25, 0.3) is 0 Å². The normalized spacial score (nSPS) is 12.2. The number of nitrogens with zero attached hydrogens (tertiary/aromatic N) is 3. The molecule has 19 heavy (non-hydrogen) atoms. The minimum Gasteiger partial charge on any atom is -0.305 e. The zero-order valence-corrected chi connectivity index (χ0v) is 10.0. The highest BCUT2D eigenvalue weighted by atomic mass is 14.9. The van der Waals surface area contributed by atoms with Crippen LogP contribution in [0.15, 0.2) is 55.1 Å². The van der Waals surface area contributed by atoms with Crippen LogP contribution in [-0.2, 0) is 0 Å². The monoisotopic (exact) mass is 243 g/mol. The van der Waals surface area contributed by atoms with Crippen molar-refractivity contribution in [2.45, 2.75) is 0 Å². The van der Waals surface area contributed by atoms with E-state index >= 15 is 0 Å². The Bertz CT molecular complexity index is 979. The van der Waals surface area contributed by atoms with Crippen molar-refractivity contribution in [3.63, 3.8) is 0 Å². The lowest BCUT2D eigenvalue weighted by atomic mass is 10.1. The molecule has 0 unspecified atom stereocenters. The van der Waals surface area contributed by atoms with Crippen LogP contribution in [0.4, 0.5) is 0 Å². The predicted octanol–water partition coefficient (Wildman–Crippen LogP) is 3.63. The Morgan fingerprint density at radius 3 is 1.84 bits per heavy atom. The lowest BCUT2D eigenvalue weighted by Gasteiger charge is -1.95. The lowest BCUT2D eigenvalue weighted by Crippen LogP contribution is -1.81. The fourth-order valence-corrected chi connectivity index (χ4v) is 3.17. The molecule has 0 fully saturated rings. The van der Waals surface area contributed by atoms with Crippen LogP contribution in [0, 0.1) is 0 Å². The molecular formula is C16H9N3. The van der Waals surface area contributed by atoms with Crippen LogP contribution < -0.4 is 0 Å². The molecule has 0 aliphatic rings. The molecule has 4 aromatic heterocycles. The lowest BCUT2D eigenvalue weighted by molar-refractivity contribution is 1.27. The summed E-state index contributed by atoms with van der Waals surface area (Å²) in [7, 11) is 0. The van der Waals surface area contributed by atoms with Crippen LogP contribution in [0.5, 0.6) is 0 Å². The van der Waals surface area contributed by atoms with Crippen molar-refractivity contribution in [2.75, 3.05) is 0 Å². The first-order valence-electron chi connectivity index (χ1n) is 6.27. The Morgan fingerprint density at radius 1 is 0.684 bits per heavy atom. The number of hydrogen-bond acceptors (Lipinski definition) is 2. The fraction of sp³-hybridized carbons (Fsp3) is 0. The van der Waals surface area contributed by atoms with Crippen LogP contribution in [0.25, 0.3) is 38.1 Å². The SMILES string of the molecule is c1cc2c3ccncc3n3c4cnccc4c(c1)c23. The maximum atomic E-state index is 4.27. The van der Waals surface area contributed by atoms with Crippen molar-refractivity contribution in [3.05, 3.63) is 55.1 Å². The van der Waals surface area contributed by atoms with Gasteiger partial charge in [-0.25, -0.2) is 0 Å². The number of rotatable bonds is 0. The number of para-hydroxylation sites is 1. The molecule has 0 radical (unpaired) electrons. The topological polar surface area (TPSA) is 30.2 Å². The van der Waals surface area contributed by atoms with E-state index in [0.717, 1.165) is 11.0 Å². The first kappa shape index (κ1) is 9.28. The van der Waals surface area contributed by atoms with Crippen molar-refractivity contribution in [3.8, 4) is 0 Å². The van der Waals surface area contributed by atoms with E-state index in [0.29, 0.717) is 0 Å². The molecule has 4 heterocycles. The summed E-state index contributed by atoms with van der Waals surface area (Å²) in [5.41, 5.74) is 3.57. The van der Waals surface area contributed by atoms with Crippen molar-refractivity contribution < 1.29 is 0 Å². The zero-order valence-electron chi connectivity index (χ0n) is 10.0. The van der Waals surface area contributed by atoms with Crippen LogP contribution >= 0.6 is 0 Å². The minimum atomic E-state index is 1.15. The van der Waals surface area contributed by atoms with E-state index in [2.05, 4.69) is 44.7 Å². The van der Waals surface area contributed by atoms with E-state index in [1.54, 1.807) is 0 Å². The predicted molar refractivity (Wildman–Crippen MR) is 76.7 cm³/mol. The number of pyridine rings is 2. The molecule has 0 amide bonds. The highest BCUT2D eigenvalue weighted by Crippen LogP contribution is 2.37. The molecule has 0 atom stereocenters. The second kappa shape index (κ2) is 3.01. The maximum absolute atomic E-state index is 4.27. The van der Waals surface area contributed by atoms with Crippen molar-refractivity contribution >= 4 is 38.1 Å². The largest absolute Gasteiger partial charge is 0.305 e. The third-order valence-corrected chi connectivity index (χ3v) is 3.92. The van der Waals surface area contributed by atoms with Crippen LogP contribution in [0.3, 0.4) is 0 Å². The number of fused-ring (bicyclic) bond motifs is 6. The second-order valence-corrected chi connectivity index (χ2v) is 4.82. The summed E-state index contributed by atoms with van der Waals surface area (Å²) in [6.07, 6.45) is 7.57. The molecule has 0 aliphatic heterocycles. The van der Waals surface area contributed by atoms with E-state index in [9.17, 15) is 0 Å². The first-order chi connectivity index (χ1) is 9.45. The molecule has 0 aliphatic carbocycles. The van der Waals surface area contributed by atoms with Gasteiger partial charge in [-0.2, -0.15) is 0 Å². The average Bonchev–Trinajstić information content (AvgIpc) is 2.99. The van der Waals surface area contributed by atoms with E-state index in [1.165, 1.54) is 27.1 Å². The van der Waals surface area contributed by atoms with Crippen LogP contribution in [0.1, 0.15) is 0 Å². The standard InChI is InChI=1S/C16H9N3/c1-2-12-10-4-6-17-8-14(10)19-15-9-18-7-5-11(15)13(3-1)16(12)19/h1-9H. The van der Waals surface area contributed by atoms with Gasteiger partial charge in [-0.15, -0.1) is 0 Å². The minimum absolute atomic E-state index is 1.15. The van der Waals surface area contributed by atoms with Gasteiger partial charge in [-0.3, -0.25) is 9.97 Å². The summed E-state index contributed by atoms with van der Waals surface area (Å²) >= 11 is 0. The molecule has 0 saturated carbocycles. The smallest absolute Gasteiger partial charge is 0.0725 e. The Labute approximate surface area is 108 Å². The average molecular weight is 243 g/mol. The molecule has 3 heteroatoms. The number of aromatic nitrogens is 3. The quantitative estimate of drug-likeness (QED) is 0.416. The molecule has 0 N–H and O–H groups in total. The fourth-order valence-electron chi connectivity index (χ4n) is 3.17. The second-order valence-electron chi connectivity index (χ2n) is 4.82. The highest BCUT2D eigenvalue weighted by Gasteiger charge is 2.16. The van der Waals surface area contributed by atoms with Gasteiger partial charge in [0, 0.05) is 33.9 Å². The Hall–Kier alpha value is -2.68. The van der Waals surface area contributed by atoms with Crippen LogP contribution in [0.2, 0.25) is 0 Å². The summed E-state index contributed by atoms with van der Waals surface area (Å²) in [5, 5.41) is 5.07. The van der Waals surface area contributed by atoms with Gasteiger partial charge in [0.15, 0.2) is 0 Å². The van der Waals surface area contributed by atoms with Gasteiger partial charge in [-0.05, 0) is 12.1 Å². The Kier molecular flexibility index (Phi) is 1.47. The zero-order chi connectivity index (χ0) is 12.4. The third kappa shape index (κ3) is 0.956. The summed E-state index contributed by atoms with van der Waals surface area (Å²) in [4.78, 5) is 8.54. The summed E-state index contributed by atoms with van der Waals surface area (Å²) < 4.78 is 2.27. The molecule has 0 saturated heterocycles. The van der Waals surface area contributed by atoms with Crippen LogP contribution in [-0.4, -0.2) is 14.4 Å². The van der Waals surface area contributed by atoms with Gasteiger partial charge in [0.1, 0.15) is 0 Å². The van der Waals surface area contributed by atoms with Gasteiger partial charge < -0.3 is 4.40 Å². The molecule has 3 nitrogen and oxygen atoms in total.